The Morgan fingerprint density at radius 3 is 2.61 bits per heavy atom. The molecule has 0 saturated heterocycles. The molecule has 0 saturated carbocycles. The van der Waals surface area contributed by atoms with Crippen LogP contribution in [0.3, 0.4) is 0 Å². The van der Waals surface area contributed by atoms with Gasteiger partial charge in [0.1, 0.15) is 11.3 Å². The van der Waals surface area contributed by atoms with E-state index >= 15 is 0 Å². The lowest BCUT2D eigenvalue weighted by atomic mass is 10.2. The molecular formula is C22H19N3O3. The fourth-order valence-corrected chi connectivity index (χ4v) is 2.79. The highest BCUT2D eigenvalue weighted by atomic mass is 16.5. The van der Waals surface area contributed by atoms with E-state index in [9.17, 15) is 4.79 Å². The number of benzene rings is 2. The molecule has 0 atom stereocenters. The summed E-state index contributed by atoms with van der Waals surface area (Å²) in [4.78, 5) is 20.7. The van der Waals surface area contributed by atoms with Crippen molar-refractivity contribution in [3.8, 4) is 17.2 Å². The van der Waals surface area contributed by atoms with Crippen molar-refractivity contribution >= 4 is 22.7 Å². The monoisotopic (exact) mass is 373 g/mol. The predicted molar refractivity (Wildman–Crippen MR) is 107 cm³/mol. The summed E-state index contributed by atoms with van der Waals surface area (Å²) in [5.74, 6) is 0.942. The van der Waals surface area contributed by atoms with Gasteiger partial charge in [-0.25, -0.2) is 4.98 Å². The maximum atomic E-state index is 12.2. The van der Waals surface area contributed by atoms with Crippen LogP contribution in [0.4, 0.5) is 5.69 Å². The maximum absolute atomic E-state index is 12.2. The lowest BCUT2D eigenvalue weighted by Crippen LogP contribution is -2.20. The number of amides is 1. The Morgan fingerprint density at radius 2 is 1.86 bits per heavy atom. The fraction of sp³-hybridized carbons (Fsp3) is 0.136. The fourth-order valence-electron chi connectivity index (χ4n) is 2.79. The van der Waals surface area contributed by atoms with Crippen molar-refractivity contribution in [2.45, 2.75) is 13.3 Å². The number of anilines is 1. The van der Waals surface area contributed by atoms with Crippen molar-refractivity contribution in [2.75, 3.05) is 11.9 Å². The molecule has 0 aliphatic rings. The van der Waals surface area contributed by atoms with Crippen molar-refractivity contribution in [3.05, 3.63) is 72.6 Å². The molecule has 4 aromatic rings. The molecule has 0 spiro atoms. The molecule has 4 rings (SSSR count). The molecule has 2 aromatic heterocycles. The average Bonchev–Trinajstić information content (AvgIpc) is 3.17. The number of aryl methyl sites for hydroxylation is 1. The van der Waals surface area contributed by atoms with E-state index in [1.54, 1.807) is 30.6 Å². The van der Waals surface area contributed by atoms with Gasteiger partial charge in [0.2, 0.25) is 5.89 Å². The van der Waals surface area contributed by atoms with Crippen LogP contribution in [0, 0.1) is 0 Å². The van der Waals surface area contributed by atoms with Crippen molar-refractivity contribution in [2.24, 2.45) is 0 Å². The molecule has 0 aliphatic heterocycles. The van der Waals surface area contributed by atoms with E-state index in [2.05, 4.69) is 22.2 Å². The first-order valence-corrected chi connectivity index (χ1v) is 9.04. The van der Waals surface area contributed by atoms with E-state index in [0.29, 0.717) is 28.4 Å². The lowest BCUT2D eigenvalue weighted by Gasteiger charge is -2.08. The van der Waals surface area contributed by atoms with Crippen LogP contribution in [0.5, 0.6) is 5.75 Å². The van der Waals surface area contributed by atoms with Gasteiger partial charge in [-0.2, -0.15) is 0 Å². The lowest BCUT2D eigenvalue weighted by molar-refractivity contribution is -0.118. The molecule has 0 unspecified atom stereocenters. The van der Waals surface area contributed by atoms with Gasteiger partial charge in [0, 0.05) is 23.6 Å². The van der Waals surface area contributed by atoms with E-state index in [1.807, 2.05) is 36.4 Å². The first kappa shape index (κ1) is 17.7. The predicted octanol–water partition coefficient (Wildman–Crippen LogP) is 4.47. The maximum Gasteiger partial charge on any atom is 0.262 e. The van der Waals surface area contributed by atoms with Crippen LogP contribution in [0.2, 0.25) is 0 Å². The third-order valence-electron chi connectivity index (χ3n) is 4.30. The van der Waals surface area contributed by atoms with Crippen molar-refractivity contribution < 1.29 is 13.9 Å². The normalized spacial score (nSPS) is 10.8. The van der Waals surface area contributed by atoms with Crippen molar-refractivity contribution in [1.82, 2.24) is 9.97 Å². The molecule has 1 N–H and O–H groups in total. The summed E-state index contributed by atoms with van der Waals surface area (Å²) in [6.45, 7) is 2.03. The van der Waals surface area contributed by atoms with Gasteiger partial charge in [-0.15, -0.1) is 0 Å². The second-order valence-corrected chi connectivity index (χ2v) is 6.27. The minimum Gasteiger partial charge on any atom is -0.484 e. The highest BCUT2D eigenvalue weighted by Gasteiger charge is 2.10. The number of nitrogens with one attached hydrogen (secondary N) is 1. The first-order valence-electron chi connectivity index (χ1n) is 9.04. The molecule has 6 nitrogen and oxygen atoms in total. The molecule has 0 aliphatic carbocycles. The summed E-state index contributed by atoms with van der Waals surface area (Å²) >= 11 is 0. The van der Waals surface area contributed by atoms with Gasteiger partial charge >= 0.3 is 0 Å². The van der Waals surface area contributed by atoms with Gasteiger partial charge in [-0.3, -0.25) is 9.78 Å². The Morgan fingerprint density at radius 1 is 1.07 bits per heavy atom. The third kappa shape index (κ3) is 4.01. The van der Waals surface area contributed by atoms with E-state index in [-0.39, 0.29) is 12.5 Å². The molecule has 0 bridgehead atoms. The Kier molecular flexibility index (Phi) is 5.01. The zero-order valence-corrected chi connectivity index (χ0v) is 15.4. The first-order chi connectivity index (χ1) is 13.7. The molecule has 0 fully saturated rings. The number of hydrogen-bond donors (Lipinski definition) is 1. The zero-order chi connectivity index (χ0) is 19.3. The number of rotatable bonds is 6. The van der Waals surface area contributed by atoms with Crippen LogP contribution in [-0.2, 0) is 11.2 Å². The third-order valence-corrected chi connectivity index (χ3v) is 4.30. The van der Waals surface area contributed by atoms with Crippen LogP contribution < -0.4 is 10.1 Å². The van der Waals surface area contributed by atoms with E-state index in [4.69, 9.17) is 9.15 Å². The standard InChI is InChI=1S/C22H19N3O3/c1-2-15-3-6-18(7-4-15)27-14-21(26)24-17-5-8-20-19(13-17)25-22(28-20)16-9-11-23-12-10-16/h3-13H,2,14H2,1H3,(H,24,26). The number of fused-ring (bicyclic) bond motifs is 1. The molecule has 2 aromatic carbocycles. The summed E-state index contributed by atoms with van der Waals surface area (Å²) in [6, 6.07) is 16.7. The smallest absolute Gasteiger partial charge is 0.262 e. The largest absolute Gasteiger partial charge is 0.484 e. The van der Waals surface area contributed by atoms with E-state index in [1.165, 1.54) is 5.56 Å². The van der Waals surface area contributed by atoms with Gasteiger partial charge < -0.3 is 14.5 Å². The van der Waals surface area contributed by atoms with Crippen LogP contribution in [0.1, 0.15) is 12.5 Å². The van der Waals surface area contributed by atoms with Crippen molar-refractivity contribution in [1.29, 1.82) is 0 Å². The molecular weight excluding hydrogens is 354 g/mol. The zero-order valence-electron chi connectivity index (χ0n) is 15.4. The van der Waals surface area contributed by atoms with Gasteiger partial charge in [0.05, 0.1) is 0 Å². The van der Waals surface area contributed by atoms with Crippen LogP contribution in [0.15, 0.2) is 71.4 Å². The summed E-state index contributed by atoms with van der Waals surface area (Å²) in [5, 5.41) is 2.82. The van der Waals surface area contributed by atoms with Crippen LogP contribution in [0.25, 0.3) is 22.6 Å². The molecule has 6 heteroatoms. The van der Waals surface area contributed by atoms with Crippen LogP contribution >= 0.6 is 0 Å². The number of pyridine rings is 1. The summed E-state index contributed by atoms with van der Waals surface area (Å²) in [5.41, 5.74) is 4.03. The van der Waals surface area contributed by atoms with Gasteiger partial charge in [-0.05, 0) is 54.4 Å². The number of carbonyl (C=O) groups is 1. The van der Waals surface area contributed by atoms with E-state index < -0.39 is 0 Å². The minimum atomic E-state index is -0.239. The number of oxazole rings is 1. The second kappa shape index (κ2) is 7.92. The van der Waals surface area contributed by atoms with Crippen LogP contribution in [-0.4, -0.2) is 22.5 Å². The quantitative estimate of drug-likeness (QED) is 0.540. The SMILES string of the molecule is CCc1ccc(OCC(=O)Nc2ccc3oc(-c4ccncc4)nc3c2)cc1. The van der Waals surface area contributed by atoms with Gasteiger partial charge in [0.25, 0.3) is 5.91 Å². The average molecular weight is 373 g/mol. The number of aromatic nitrogens is 2. The summed E-state index contributed by atoms with van der Waals surface area (Å²) in [7, 11) is 0. The minimum absolute atomic E-state index is 0.0649. The highest BCUT2D eigenvalue weighted by molar-refractivity contribution is 5.94. The number of nitrogens with zero attached hydrogens (tertiary/aromatic N) is 2. The second-order valence-electron chi connectivity index (χ2n) is 6.27. The van der Waals surface area contributed by atoms with Crippen molar-refractivity contribution in [3.63, 3.8) is 0 Å². The van der Waals surface area contributed by atoms with Gasteiger partial charge in [0.15, 0.2) is 12.2 Å². The number of ether oxygens (including phenoxy) is 1. The number of carbonyl (C=O) groups excluding carboxylic acids is 1. The topological polar surface area (TPSA) is 77.2 Å². The van der Waals surface area contributed by atoms with E-state index in [0.717, 1.165) is 12.0 Å². The Bertz CT molecular complexity index is 1090. The molecule has 2 heterocycles. The summed E-state index contributed by atoms with van der Waals surface area (Å²) in [6.07, 6.45) is 4.34. The Labute approximate surface area is 162 Å². The number of hydrogen-bond acceptors (Lipinski definition) is 5. The highest BCUT2D eigenvalue weighted by Crippen LogP contribution is 2.25. The molecule has 140 valence electrons. The Balaban J connectivity index is 1.41. The molecule has 28 heavy (non-hydrogen) atoms. The van der Waals surface area contributed by atoms with Gasteiger partial charge in [-0.1, -0.05) is 19.1 Å². The summed E-state index contributed by atoms with van der Waals surface area (Å²) < 4.78 is 11.3. The Hall–Kier alpha value is -3.67. The molecule has 1 amide bonds. The molecule has 0 radical (unpaired) electrons.